The number of hydrogen-bond acceptors (Lipinski definition) is 4. The first-order chi connectivity index (χ1) is 14.9. The summed E-state index contributed by atoms with van der Waals surface area (Å²) in [4.78, 5) is 11.9. The molecule has 0 bridgehead atoms. The van der Waals surface area contributed by atoms with Crippen molar-refractivity contribution in [3.63, 3.8) is 0 Å². The number of morpholine rings is 1. The maximum atomic E-state index is 14.3. The van der Waals surface area contributed by atoms with Gasteiger partial charge in [0.25, 0.3) is 0 Å². The van der Waals surface area contributed by atoms with E-state index in [0.29, 0.717) is 0 Å². The number of nitrogens with zero attached hydrogens (tertiary/aromatic N) is 1. The van der Waals surface area contributed by atoms with Gasteiger partial charge in [-0.15, -0.1) is 0 Å². The number of anilines is 1. The SMILES string of the molecule is O=C(/C=C/c1cccc2ccccc12)Nc1ccc(F)c(S(=O)(=O)N2CCOCC2)c1. The highest BCUT2D eigenvalue weighted by Gasteiger charge is 2.29. The number of sulfonamides is 1. The maximum absolute atomic E-state index is 14.3. The van der Waals surface area contributed by atoms with Crippen LogP contribution in [0.4, 0.5) is 10.1 Å². The highest BCUT2D eigenvalue weighted by molar-refractivity contribution is 7.89. The zero-order valence-electron chi connectivity index (χ0n) is 16.6. The van der Waals surface area contributed by atoms with Crippen molar-refractivity contribution in [3.8, 4) is 0 Å². The van der Waals surface area contributed by atoms with Gasteiger partial charge in [-0.3, -0.25) is 4.79 Å². The molecule has 1 aliphatic heterocycles. The third-order valence-corrected chi connectivity index (χ3v) is 6.94. The van der Waals surface area contributed by atoms with Crippen LogP contribution in [0.15, 0.2) is 71.6 Å². The largest absolute Gasteiger partial charge is 0.379 e. The summed E-state index contributed by atoms with van der Waals surface area (Å²) in [5.74, 6) is -1.31. The van der Waals surface area contributed by atoms with Gasteiger partial charge in [-0.1, -0.05) is 42.5 Å². The summed E-state index contributed by atoms with van der Waals surface area (Å²) in [5, 5.41) is 4.67. The van der Waals surface area contributed by atoms with Crippen molar-refractivity contribution in [3.05, 3.63) is 78.1 Å². The van der Waals surface area contributed by atoms with E-state index in [1.54, 1.807) is 6.08 Å². The third kappa shape index (κ3) is 4.66. The van der Waals surface area contributed by atoms with E-state index >= 15 is 0 Å². The lowest BCUT2D eigenvalue weighted by atomic mass is 10.0. The average Bonchev–Trinajstić information content (AvgIpc) is 2.79. The van der Waals surface area contributed by atoms with Gasteiger partial charge in [0.1, 0.15) is 10.7 Å². The summed E-state index contributed by atoms with van der Waals surface area (Å²) in [6.07, 6.45) is 3.05. The molecule has 1 saturated heterocycles. The number of carbonyl (C=O) groups is 1. The van der Waals surface area contributed by atoms with Gasteiger partial charge in [-0.05, 0) is 40.6 Å². The second kappa shape index (κ2) is 8.97. The summed E-state index contributed by atoms with van der Waals surface area (Å²) in [6, 6.07) is 17.1. The van der Waals surface area contributed by atoms with Gasteiger partial charge in [-0.2, -0.15) is 4.31 Å². The van der Waals surface area contributed by atoms with Crippen LogP contribution in [0, 0.1) is 5.82 Å². The Labute approximate surface area is 180 Å². The maximum Gasteiger partial charge on any atom is 0.248 e. The number of fused-ring (bicyclic) bond motifs is 1. The number of hydrogen-bond donors (Lipinski definition) is 1. The van der Waals surface area contributed by atoms with Crippen LogP contribution in [0.1, 0.15) is 5.56 Å². The second-order valence-corrected chi connectivity index (χ2v) is 8.96. The van der Waals surface area contributed by atoms with E-state index in [0.717, 1.165) is 28.5 Å². The summed E-state index contributed by atoms with van der Waals surface area (Å²) in [6.45, 7) is 0.838. The summed E-state index contributed by atoms with van der Waals surface area (Å²) in [7, 11) is -4.02. The molecule has 0 aliphatic carbocycles. The fraction of sp³-hybridized carbons (Fsp3) is 0.174. The van der Waals surface area contributed by atoms with Crippen molar-refractivity contribution in [1.29, 1.82) is 0 Å². The quantitative estimate of drug-likeness (QED) is 0.615. The Bertz CT molecular complexity index is 1250. The van der Waals surface area contributed by atoms with Crippen LogP contribution in [-0.4, -0.2) is 44.9 Å². The first-order valence-corrected chi connectivity index (χ1v) is 11.2. The summed E-state index contributed by atoms with van der Waals surface area (Å²) >= 11 is 0. The van der Waals surface area contributed by atoms with Crippen LogP contribution in [-0.2, 0) is 19.6 Å². The number of amides is 1. The molecule has 1 aliphatic rings. The number of carbonyl (C=O) groups excluding carboxylic acids is 1. The predicted molar refractivity (Wildman–Crippen MR) is 118 cm³/mol. The molecule has 0 radical (unpaired) electrons. The van der Waals surface area contributed by atoms with Gasteiger partial charge in [0.05, 0.1) is 13.2 Å². The van der Waals surface area contributed by atoms with Crippen molar-refractivity contribution in [2.24, 2.45) is 0 Å². The molecule has 0 aromatic heterocycles. The van der Waals surface area contributed by atoms with Crippen molar-refractivity contribution in [2.75, 3.05) is 31.6 Å². The Morgan fingerprint density at radius 1 is 1.03 bits per heavy atom. The van der Waals surface area contributed by atoms with E-state index in [1.165, 1.54) is 16.4 Å². The highest BCUT2D eigenvalue weighted by atomic mass is 32.2. The molecule has 3 aromatic carbocycles. The molecule has 1 heterocycles. The zero-order chi connectivity index (χ0) is 21.8. The molecule has 6 nitrogen and oxygen atoms in total. The highest BCUT2D eigenvalue weighted by Crippen LogP contribution is 2.24. The number of rotatable bonds is 5. The Kier molecular flexibility index (Phi) is 6.13. The van der Waals surface area contributed by atoms with Crippen molar-refractivity contribution in [2.45, 2.75) is 4.90 Å². The summed E-state index contributed by atoms with van der Waals surface area (Å²) < 4.78 is 46.2. The number of benzene rings is 3. The monoisotopic (exact) mass is 440 g/mol. The molecule has 0 unspecified atom stereocenters. The van der Waals surface area contributed by atoms with E-state index in [2.05, 4.69) is 5.32 Å². The van der Waals surface area contributed by atoms with Crippen LogP contribution in [0.25, 0.3) is 16.8 Å². The molecule has 1 amide bonds. The fourth-order valence-electron chi connectivity index (χ4n) is 3.45. The molecule has 1 fully saturated rings. The number of ether oxygens (including phenoxy) is 1. The van der Waals surface area contributed by atoms with E-state index in [-0.39, 0.29) is 32.0 Å². The van der Waals surface area contributed by atoms with Crippen molar-refractivity contribution < 1.29 is 22.3 Å². The molecule has 1 N–H and O–H groups in total. The Balaban J connectivity index is 1.53. The van der Waals surface area contributed by atoms with Crippen LogP contribution in [0.5, 0.6) is 0 Å². The first-order valence-electron chi connectivity index (χ1n) is 9.79. The van der Waals surface area contributed by atoms with Gasteiger partial charge in [0.15, 0.2) is 0 Å². The second-order valence-electron chi connectivity index (χ2n) is 7.05. The van der Waals surface area contributed by atoms with Crippen molar-refractivity contribution >= 4 is 38.5 Å². The molecule has 0 atom stereocenters. The van der Waals surface area contributed by atoms with Crippen LogP contribution in [0.3, 0.4) is 0 Å². The topological polar surface area (TPSA) is 75.7 Å². The van der Waals surface area contributed by atoms with Gasteiger partial charge in [0.2, 0.25) is 15.9 Å². The lowest BCUT2D eigenvalue weighted by molar-refractivity contribution is -0.111. The lowest BCUT2D eigenvalue weighted by Crippen LogP contribution is -2.40. The molecular formula is C23H21FN2O4S. The van der Waals surface area contributed by atoms with Crippen LogP contribution >= 0.6 is 0 Å². The van der Waals surface area contributed by atoms with E-state index in [1.807, 2.05) is 42.5 Å². The average molecular weight is 440 g/mol. The minimum absolute atomic E-state index is 0.159. The van der Waals surface area contributed by atoms with Gasteiger partial charge >= 0.3 is 0 Å². The van der Waals surface area contributed by atoms with Gasteiger partial charge in [-0.25, -0.2) is 12.8 Å². The molecule has 160 valence electrons. The minimum atomic E-state index is -4.02. The molecule has 31 heavy (non-hydrogen) atoms. The van der Waals surface area contributed by atoms with Gasteiger partial charge in [0, 0.05) is 24.9 Å². The summed E-state index contributed by atoms with van der Waals surface area (Å²) in [5.41, 5.74) is 1.07. The molecule has 0 spiro atoms. The van der Waals surface area contributed by atoms with Crippen LogP contribution in [0.2, 0.25) is 0 Å². The fourth-order valence-corrected chi connectivity index (χ4v) is 4.95. The Hall–Kier alpha value is -3.07. The Morgan fingerprint density at radius 3 is 2.58 bits per heavy atom. The predicted octanol–water partition coefficient (Wildman–Crippen LogP) is 3.65. The number of halogens is 1. The van der Waals surface area contributed by atoms with E-state index in [9.17, 15) is 17.6 Å². The van der Waals surface area contributed by atoms with Gasteiger partial charge < -0.3 is 10.1 Å². The van der Waals surface area contributed by atoms with E-state index in [4.69, 9.17) is 4.74 Å². The molecule has 3 aromatic rings. The first kappa shape index (κ1) is 21.2. The molecule has 8 heteroatoms. The third-order valence-electron chi connectivity index (χ3n) is 5.02. The van der Waals surface area contributed by atoms with Crippen LogP contribution < -0.4 is 5.32 Å². The lowest BCUT2D eigenvalue weighted by Gasteiger charge is -2.26. The normalized spacial score (nSPS) is 15.4. The van der Waals surface area contributed by atoms with E-state index < -0.39 is 26.6 Å². The zero-order valence-corrected chi connectivity index (χ0v) is 17.4. The van der Waals surface area contributed by atoms with Crippen molar-refractivity contribution in [1.82, 2.24) is 4.31 Å². The molecule has 0 saturated carbocycles. The minimum Gasteiger partial charge on any atom is -0.379 e. The smallest absolute Gasteiger partial charge is 0.248 e. The standard InChI is InChI=1S/C23H21FN2O4S/c24-21-10-9-19(16-22(21)31(28,29)26-12-14-30-15-13-26)25-23(27)11-8-18-6-3-5-17-4-1-2-7-20(17)18/h1-11,16H,12-15H2,(H,25,27)/b11-8+. The number of nitrogens with one attached hydrogen (secondary N) is 1. The Morgan fingerprint density at radius 2 is 1.77 bits per heavy atom. The molecular weight excluding hydrogens is 419 g/mol. The molecule has 4 rings (SSSR count).